The summed E-state index contributed by atoms with van der Waals surface area (Å²) in [4.78, 5) is 23.2. The van der Waals surface area contributed by atoms with Crippen molar-refractivity contribution in [3.05, 3.63) is 83.9 Å². The molecule has 0 heterocycles. The van der Waals surface area contributed by atoms with Crippen molar-refractivity contribution in [2.45, 2.75) is 6.36 Å². The van der Waals surface area contributed by atoms with Gasteiger partial charge in [0.15, 0.2) is 0 Å². The molecule has 3 rings (SSSR count). The Hall–Kier alpha value is -4.27. The molecule has 0 radical (unpaired) electrons. The van der Waals surface area contributed by atoms with E-state index in [0.717, 1.165) is 0 Å². The average Bonchev–Trinajstić information content (AvgIpc) is 2.82. The lowest BCUT2D eigenvalue weighted by Crippen LogP contribution is -2.16. The lowest BCUT2D eigenvalue weighted by molar-refractivity contribution is -0.274. The monoisotopic (exact) mass is 472 g/mol. The molecule has 0 aliphatic carbocycles. The normalized spacial score (nSPS) is 11.2. The van der Waals surface area contributed by atoms with Crippen LogP contribution < -0.4 is 9.47 Å². The number of methoxy groups -OCH3 is 2. The maximum atomic E-state index is 12.4. The van der Waals surface area contributed by atoms with Crippen LogP contribution >= 0.6 is 0 Å². The quantitative estimate of drug-likeness (QED) is 0.310. The maximum absolute atomic E-state index is 12.4. The van der Waals surface area contributed by atoms with Crippen LogP contribution in [0.25, 0.3) is 17.2 Å². The van der Waals surface area contributed by atoms with Gasteiger partial charge < -0.3 is 18.9 Å². The molecule has 0 aliphatic rings. The number of hydrogen-bond acceptors (Lipinski definition) is 6. The molecule has 0 unspecified atom stereocenters. The van der Waals surface area contributed by atoms with Crippen LogP contribution in [0.5, 0.6) is 17.2 Å². The first-order valence-corrected chi connectivity index (χ1v) is 9.81. The van der Waals surface area contributed by atoms with E-state index in [4.69, 9.17) is 4.74 Å². The summed E-state index contributed by atoms with van der Waals surface area (Å²) in [6.07, 6.45) is -2.07. The van der Waals surface area contributed by atoms with E-state index in [1.54, 1.807) is 42.5 Å². The molecule has 34 heavy (non-hydrogen) atoms. The fourth-order valence-corrected chi connectivity index (χ4v) is 2.93. The smallest absolute Gasteiger partial charge is 0.466 e. The summed E-state index contributed by atoms with van der Waals surface area (Å²) in [6.45, 7) is 0. The van der Waals surface area contributed by atoms with Crippen molar-refractivity contribution in [2.24, 2.45) is 0 Å². The number of halogens is 3. The third-order valence-electron chi connectivity index (χ3n) is 4.53. The number of esters is 2. The van der Waals surface area contributed by atoms with Crippen LogP contribution in [0.3, 0.4) is 0 Å². The predicted molar refractivity (Wildman–Crippen MR) is 117 cm³/mol. The molecule has 0 fully saturated rings. The summed E-state index contributed by atoms with van der Waals surface area (Å²) in [5, 5.41) is 0. The fraction of sp³-hybridized carbons (Fsp3) is 0.120. The van der Waals surface area contributed by atoms with Gasteiger partial charge in [0.25, 0.3) is 0 Å². The Balaban J connectivity index is 1.90. The number of carbonyl (C=O) groups is 2. The SMILES string of the molecule is COC(=O)/C=C\c1cc(-c2ccc(OC(F)(F)F)cc2)ccc1Oc1ccc(C(=O)OC)cc1. The molecule has 0 amide bonds. The molecule has 0 bridgehead atoms. The summed E-state index contributed by atoms with van der Waals surface area (Å²) >= 11 is 0. The summed E-state index contributed by atoms with van der Waals surface area (Å²) in [6, 6.07) is 16.7. The number of alkyl halides is 3. The van der Waals surface area contributed by atoms with Gasteiger partial charge in [0.1, 0.15) is 17.2 Å². The molecule has 3 aromatic rings. The highest BCUT2D eigenvalue weighted by molar-refractivity contribution is 5.89. The second-order valence-electron chi connectivity index (χ2n) is 6.80. The Labute approximate surface area is 193 Å². The van der Waals surface area contributed by atoms with Crippen molar-refractivity contribution in [3.63, 3.8) is 0 Å². The van der Waals surface area contributed by atoms with Gasteiger partial charge in [-0.2, -0.15) is 0 Å². The summed E-state index contributed by atoms with van der Waals surface area (Å²) in [7, 11) is 2.53. The highest BCUT2D eigenvalue weighted by Crippen LogP contribution is 2.32. The molecule has 0 saturated carbocycles. The van der Waals surface area contributed by atoms with E-state index in [-0.39, 0.29) is 5.75 Å². The van der Waals surface area contributed by atoms with Crippen molar-refractivity contribution in [1.29, 1.82) is 0 Å². The second-order valence-corrected chi connectivity index (χ2v) is 6.80. The van der Waals surface area contributed by atoms with Crippen molar-refractivity contribution in [1.82, 2.24) is 0 Å². The van der Waals surface area contributed by atoms with Crippen LogP contribution in [-0.4, -0.2) is 32.5 Å². The Morgan fingerprint density at radius 2 is 1.41 bits per heavy atom. The van der Waals surface area contributed by atoms with Crippen molar-refractivity contribution < 1.29 is 41.7 Å². The van der Waals surface area contributed by atoms with E-state index in [1.165, 1.54) is 50.6 Å². The van der Waals surface area contributed by atoms with Crippen LogP contribution in [0.15, 0.2) is 72.8 Å². The average molecular weight is 472 g/mol. The summed E-state index contributed by atoms with van der Waals surface area (Å²) in [5.74, 6) is -0.567. The number of benzene rings is 3. The number of hydrogen-bond donors (Lipinski definition) is 0. The zero-order valence-corrected chi connectivity index (χ0v) is 18.1. The number of rotatable bonds is 7. The molecule has 9 heteroatoms. The molecule has 0 atom stereocenters. The molecule has 6 nitrogen and oxygen atoms in total. The van der Waals surface area contributed by atoms with Gasteiger partial charge in [-0.15, -0.1) is 13.2 Å². The predicted octanol–water partition coefficient (Wildman–Crippen LogP) is 6.02. The third kappa shape index (κ3) is 6.61. The zero-order chi connectivity index (χ0) is 24.7. The van der Waals surface area contributed by atoms with Gasteiger partial charge in [-0.05, 0) is 65.7 Å². The van der Waals surface area contributed by atoms with E-state index in [2.05, 4.69) is 14.2 Å². The lowest BCUT2D eigenvalue weighted by atomic mass is 10.0. The van der Waals surface area contributed by atoms with Gasteiger partial charge in [0, 0.05) is 11.6 Å². The first kappa shape index (κ1) is 24.4. The number of carbonyl (C=O) groups excluding carboxylic acids is 2. The largest absolute Gasteiger partial charge is 0.573 e. The topological polar surface area (TPSA) is 71.1 Å². The van der Waals surface area contributed by atoms with Crippen molar-refractivity contribution >= 4 is 18.0 Å². The van der Waals surface area contributed by atoms with Gasteiger partial charge >= 0.3 is 18.3 Å². The standard InChI is InChI=1S/C25H19F3O6/c1-31-23(29)14-8-19-15-18(16-3-11-21(12-4-16)34-25(26,27)28)7-13-22(19)33-20-9-5-17(6-10-20)24(30)32-2/h3-15H,1-2H3/b14-8-. The number of ether oxygens (including phenoxy) is 4. The Morgan fingerprint density at radius 1 is 0.794 bits per heavy atom. The maximum Gasteiger partial charge on any atom is 0.573 e. The highest BCUT2D eigenvalue weighted by atomic mass is 19.4. The first-order chi connectivity index (χ1) is 16.2. The van der Waals surface area contributed by atoms with Gasteiger partial charge in [-0.1, -0.05) is 18.2 Å². The van der Waals surface area contributed by atoms with Gasteiger partial charge in [0.2, 0.25) is 0 Å². The van der Waals surface area contributed by atoms with Crippen LogP contribution in [0.4, 0.5) is 13.2 Å². The molecular formula is C25H19F3O6. The lowest BCUT2D eigenvalue weighted by Gasteiger charge is -2.12. The molecule has 0 N–H and O–H groups in total. The van der Waals surface area contributed by atoms with Crippen LogP contribution in [-0.2, 0) is 14.3 Å². The van der Waals surface area contributed by atoms with Crippen LogP contribution in [0.1, 0.15) is 15.9 Å². The van der Waals surface area contributed by atoms with Crippen molar-refractivity contribution in [2.75, 3.05) is 14.2 Å². The Bertz CT molecular complexity index is 1180. The first-order valence-electron chi connectivity index (χ1n) is 9.81. The third-order valence-corrected chi connectivity index (χ3v) is 4.53. The minimum absolute atomic E-state index is 0.336. The molecule has 0 aliphatic heterocycles. The molecule has 0 saturated heterocycles. The molecule has 0 aromatic heterocycles. The van der Waals surface area contributed by atoms with E-state index >= 15 is 0 Å². The molecule has 0 spiro atoms. The fourth-order valence-electron chi connectivity index (χ4n) is 2.93. The van der Waals surface area contributed by atoms with E-state index < -0.39 is 18.3 Å². The summed E-state index contributed by atoms with van der Waals surface area (Å²) < 4.78 is 56.3. The van der Waals surface area contributed by atoms with E-state index in [0.29, 0.717) is 33.8 Å². The van der Waals surface area contributed by atoms with Crippen LogP contribution in [0, 0.1) is 0 Å². The minimum Gasteiger partial charge on any atom is -0.466 e. The Kier molecular flexibility index (Phi) is 7.57. The minimum atomic E-state index is -4.78. The molecule has 3 aromatic carbocycles. The van der Waals surface area contributed by atoms with Gasteiger partial charge in [-0.25, -0.2) is 9.59 Å². The van der Waals surface area contributed by atoms with E-state index in [9.17, 15) is 22.8 Å². The zero-order valence-electron chi connectivity index (χ0n) is 18.1. The highest BCUT2D eigenvalue weighted by Gasteiger charge is 2.31. The Morgan fingerprint density at radius 3 is 2.00 bits per heavy atom. The second kappa shape index (κ2) is 10.6. The van der Waals surface area contributed by atoms with E-state index in [1.807, 2.05) is 0 Å². The van der Waals surface area contributed by atoms with Crippen molar-refractivity contribution in [3.8, 4) is 28.4 Å². The summed E-state index contributed by atoms with van der Waals surface area (Å²) in [5.41, 5.74) is 2.15. The van der Waals surface area contributed by atoms with Crippen LogP contribution in [0.2, 0.25) is 0 Å². The van der Waals surface area contributed by atoms with Gasteiger partial charge in [-0.3, -0.25) is 0 Å². The van der Waals surface area contributed by atoms with Gasteiger partial charge in [0.05, 0.1) is 19.8 Å². The molecular weight excluding hydrogens is 453 g/mol. The molecule has 176 valence electrons.